The maximum absolute atomic E-state index is 12.0. The van der Waals surface area contributed by atoms with Gasteiger partial charge in [0.25, 0.3) is 5.91 Å². The standard InChI is InChI=1S/C15H22N2O5S/c1-10(22-13(18)9-15(2,3)4)14(19)17-11-5-7-12(8-6-11)23(16,20)21/h5-8,10H,9H2,1-4H3,(H,17,19)(H2,16,20,21)/t10-/m1/s1. The summed E-state index contributed by atoms with van der Waals surface area (Å²) in [5.74, 6) is -0.958. The Bertz CT molecular complexity index is 675. The van der Waals surface area contributed by atoms with E-state index in [-0.39, 0.29) is 16.7 Å². The molecule has 1 aromatic carbocycles. The van der Waals surface area contributed by atoms with Gasteiger partial charge in [-0.15, -0.1) is 0 Å². The second-order valence-electron chi connectivity index (χ2n) is 6.43. The highest BCUT2D eigenvalue weighted by atomic mass is 32.2. The molecule has 0 spiro atoms. The van der Waals surface area contributed by atoms with Gasteiger partial charge in [-0.3, -0.25) is 9.59 Å². The van der Waals surface area contributed by atoms with Gasteiger partial charge in [-0.1, -0.05) is 20.8 Å². The summed E-state index contributed by atoms with van der Waals surface area (Å²) in [5.41, 5.74) is 0.151. The van der Waals surface area contributed by atoms with E-state index in [1.807, 2.05) is 20.8 Å². The Morgan fingerprint density at radius 3 is 2.17 bits per heavy atom. The Hall–Kier alpha value is -1.93. The van der Waals surface area contributed by atoms with Gasteiger partial charge in [0.05, 0.1) is 11.3 Å². The SMILES string of the molecule is C[C@@H](OC(=O)CC(C)(C)C)C(=O)Nc1ccc(S(N)(=O)=O)cc1. The van der Waals surface area contributed by atoms with E-state index < -0.39 is 28.0 Å². The van der Waals surface area contributed by atoms with E-state index in [0.29, 0.717) is 5.69 Å². The zero-order chi connectivity index (χ0) is 17.8. The van der Waals surface area contributed by atoms with Crippen LogP contribution in [0.1, 0.15) is 34.1 Å². The van der Waals surface area contributed by atoms with Crippen molar-refractivity contribution in [2.24, 2.45) is 10.6 Å². The molecule has 8 heteroatoms. The first-order valence-electron chi connectivity index (χ1n) is 7.02. The molecule has 0 saturated heterocycles. The molecule has 0 aliphatic rings. The van der Waals surface area contributed by atoms with Gasteiger partial charge >= 0.3 is 5.97 Å². The van der Waals surface area contributed by atoms with Crippen LogP contribution in [0.25, 0.3) is 0 Å². The lowest BCUT2D eigenvalue weighted by Gasteiger charge is -2.19. The number of nitrogens with two attached hydrogens (primary N) is 1. The largest absolute Gasteiger partial charge is 0.453 e. The number of amides is 1. The number of primary sulfonamides is 1. The molecule has 128 valence electrons. The van der Waals surface area contributed by atoms with Crippen LogP contribution in [-0.4, -0.2) is 26.4 Å². The van der Waals surface area contributed by atoms with Crippen molar-refractivity contribution < 1.29 is 22.7 Å². The first-order valence-corrected chi connectivity index (χ1v) is 8.56. The number of sulfonamides is 1. The molecule has 0 unspecified atom stereocenters. The van der Waals surface area contributed by atoms with E-state index in [0.717, 1.165) is 0 Å². The third-order valence-corrected chi connectivity index (χ3v) is 3.73. The number of anilines is 1. The van der Waals surface area contributed by atoms with Crippen LogP contribution in [0.2, 0.25) is 0 Å². The average Bonchev–Trinajstić information content (AvgIpc) is 2.35. The van der Waals surface area contributed by atoms with Crippen LogP contribution in [0.4, 0.5) is 5.69 Å². The van der Waals surface area contributed by atoms with E-state index in [1.165, 1.54) is 31.2 Å². The molecule has 1 aromatic rings. The van der Waals surface area contributed by atoms with Crippen molar-refractivity contribution in [2.45, 2.75) is 45.1 Å². The van der Waals surface area contributed by atoms with Crippen LogP contribution >= 0.6 is 0 Å². The predicted molar refractivity (Wildman–Crippen MR) is 86.1 cm³/mol. The fourth-order valence-corrected chi connectivity index (χ4v) is 2.21. The number of carbonyl (C=O) groups is 2. The number of benzene rings is 1. The fraction of sp³-hybridized carbons (Fsp3) is 0.467. The van der Waals surface area contributed by atoms with E-state index in [9.17, 15) is 18.0 Å². The minimum Gasteiger partial charge on any atom is -0.453 e. The van der Waals surface area contributed by atoms with Gasteiger partial charge in [-0.2, -0.15) is 0 Å². The first kappa shape index (κ1) is 19.1. The quantitative estimate of drug-likeness (QED) is 0.789. The summed E-state index contributed by atoms with van der Waals surface area (Å²) in [4.78, 5) is 23.6. The van der Waals surface area contributed by atoms with Crippen molar-refractivity contribution in [2.75, 3.05) is 5.32 Å². The highest BCUT2D eigenvalue weighted by molar-refractivity contribution is 7.89. The van der Waals surface area contributed by atoms with Crippen LogP contribution in [0.15, 0.2) is 29.2 Å². The smallest absolute Gasteiger partial charge is 0.307 e. The predicted octanol–water partition coefficient (Wildman–Crippen LogP) is 1.64. The molecule has 0 saturated carbocycles. The molecule has 0 radical (unpaired) electrons. The third kappa shape index (κ3) is 6.79. The number of hydrogen-bond acceptors (Lipinski definition) is 5. The minimum absolute atomic E-state index is 0.0554. The van der Waals surface area contributed by atoms with Crippen LogP contribution in [0.3, 0.4) is 0 Å². The summed E-state index contributed by atoms with van der Waals surface area (Å²) in [6, 6.07) is 5.37. The molecule has 7 nitrogen and oxygen atoms in total. The molecule has 1 atom stereocenters. The summed E-state index contributed by atoms with van der Waals surface area (Å²) >= 11 is 0. The molecule has 0 bridgehead atoms. The zero-order valence-electron chi connectivity index (χ0n) is 13.6. The Balaban J connectivity index is 2.63. The molecule has 0 aromatic heterocycles. The Kier molecular flexibility index (Phi) is 5.90. The molecular weight excluding hydrogens is 320 g/mol. The van der Waals surface area contributed by atoms with Crippen molar-refractivity contribution >= 4 is 27.6 Å². The Labute approximate surface area is 136 Å². The van der Waals surface area contributed by atoms with Crippen LogP contribution < -0.4 is 10.5 Å². The summed E-state index contributed by atoms with van der Waals surface area (Å²) in [6.07, 6.45) is -0.754. The van der Waals surface area contributed by atoms with Crippen LogP contribution in [0, 0.1) is 5.41 Å². The van der Waals surface area contributed by atoms with Gasteiger partial charge in [-0.25, -0.2) is 13.6 Å². The van der Waals surface area contributed by atoms with E-state index >= 15 is 0 Å². The molecule has 1 amide bonds. The topological polar surface area (TPSA) is 116 Å². The Morgan fingerprint density at radius 1 is 1.22 bits per heavy atom. The van der Waals surface area contributed by atoms with Gasteiger partial charge in [0.15, 0.2) is 6.10 Å². The van der Waals surface area contributed by atoms with Gasteiger partial charge < -0.3 is 10.1 Å². The molecule has 23 heavy (non-hydrogen) atoms. The number of ether oxygens (including phenoxy) is 1. The Morgan fingerprint density at radius 2 is 1.74 bits per heavy atom. The number of carbonyl (C=O) groups excluding carboxylic acids is 2. The van der Waals surface area contributed by atoms with E-state index in [4.69, 9.17) is 9.88 Å². The van der Waals surface area contributed by atoms with Crippen molar-refractivity contribution in [3.8, 4) is 0 Å². The maximum Gasteiger partial charge on any atom is 0.307 e. The second kappa shape index (κ2) is 7.10. The minimum atomic E-state index is -3.78. The average molecular weight is 342 g/mol. The lowest BCUT2D eigenvalue weighted by Crippen LogP contribution is -2.31. The van der Waals surface area contributed by atoms with Crippen molar-refractivity contribution in [1.29, 1.82) is 0 Å². The van der Waals surface area contributed by atoms with E-state index in [2.05, 4.69) is 5.32 Å². The summed E-state index contributed by atoms with van der Waals surface area (Å²) in [6.45, 7) is 7.15. The zero-order valence-corrected chi connectivity index (χ0v) is 14.4. The lowest BCUT2D eigenvalue weighted by molar-refractivity contribution is -0.154. The first-order chi connectivity index (χ1) is 10.4. The van der Waals surface area contributed by atoms with Crippen LogP contribution in [0.5, 0.6) is 0 Å². The van der Waals surface area contributed by atoms with Crippen molar-refractivity contribution in [1.82, 2.24) is 0 Å². The molecule has 1 rings (SSSR count). The second-order valence-corrected chi connectivity index (χ2v) is 7.99. The van der Waals surface area contributed by atoms with Gasteiger partial charge in [0.2, 0.25) is 10.0 Å². The van der Waals surface area contributed by atoms with Crippen molar-refractivity contribution in [3.05, 3.63) is 24.3 Å². The lowest BCUT2D eigenvalue weighted by atomic mass is 9.92. The number of rotatable bonds is 5. The highest BCUT2D eigenvalue weighted by Gasteiger charge is 2.22. The van der Waals surface area contributed by atoms with Crippen LogP contribution in [-0.2, 0) is 24.3 Å². The summed E-state index contributed by atoms with van der Waals surface area (Å²) < 4.78 is 27.4. The molecule has 0 fully saturated rings. The normalized spacial score (nSPS) is 13.3. The maximum atomic E-state index is 12.0. The van der Waals surface area contributed by atoms with Gasteiger partial charge in [-0.05, 0) is 36.6 Å². The fourth-order valence-electron chi connectivity index (χ4n) is 1.70. The van der Waals surface area contributed by atoms with Gasteiger partial charge in [0, 0.05) is 5.69 Å². The number of esters is 1. The summed E-state index contributed by atoms with van der Waals surface area (Å²) in [5, 5.41) is 7.53. The highest BCUT2D eigenvalue weighted by Crippen LogP contribution is 2.19. The molecule has 0 aliphatic heterocycles. The van der Waals surface area contributed by atoms with E-state index in [1.54, 1.807) is 0 Å². The summed E-state index contributed by atoms with van der Waals surface area (Å²) in [7, 11) is -3.78. The molecule has 0 aliphatic carbocycles. The molecule has 3 N–H and O–H groups in total. The molecule has 0 heterocycles. The van der Waals surface area contributed by atoms with Crippen molar-refractivity contribution in [3.63, 3.8) is 0 Å². The molecular formula is C15H22N2O5S. The van der Waals surface area contributed by atoms with Gasteiger partial charge in [0.1, 0.15) is 0 Å². The monoisotopic (exact) mass is 342 g/mol. The number of nitrogens with one attached hydrogen (secondary N) is 1. The third-order valence-electron chi connectivity index (χ3n) is 2.80. The number of hydrogen-bond donors (Lipinski definition) is 2.